The van der Waals surface area contributed by atoms with Crippen molar-refractivity contribution in [1.82, 2.24) is 4.98 Å². The number of hydrogen-bond acceptors (Lipinski definition) is 2. The van der Waals surface area contributed by atoms with E-state index >= 15 is 0 Å². The lowest BCUT2D eigenvalue weighted by Crippen LogP contribution is -2.07. The van der Waals surface area contributed by atoms with Gasteiger partial charge in [-0.15, -0.1) is 0 Å². The summed E-state index contributed by atoms with van der Waals surface area (Å²) in [6, 6.07) is 10.7. The number of halogens is 1. The minimum atomic E-state index is -3.44. The first kappa shape index (κ1) is 16.1. The number of aryl methyl sites for hydroxylation is 2. The molecule has 3 nitrogen and oxygen atoms in total. The van der Waals surface area contributed by atoms with Gasteiger partial charge in [-0.1, -0.05) is 23.7 Å². The molecule has 0 radical (unpaired) electrons. The van der Waals surface area contributed by atoms with Crippen LogP contribution in [0.5, 0.6) is 0 Å². The predicted molar refractivity (Wildman–Crippen MR) is 94.9 cm³/mol. The Labute approximate surface area is 141 Å². The van der Waals surface area contributed by atoms with Gasteiger partial charge in [0.25, 0.3) is 0 Å². The van der Waals surface area contributed by atoms with Crippen molar-refractivity contribution in [3.8, 4) is 0 Å². The summed E-state index contributed by atoms with van der Waals surface area (Å²) in [5.41, 5.74) is 4.66. The third kappa shape index (κ3) is 2.89. The van der Waals surface area contributed by atoms with Crippen molar-refractivity contribution in [2.75, 3.05) is 0 Å². The number of H-pyrrole nitrogens is 1. The average Bonchev–Trinajstić information content (AvgIpc) is 2.77. The summed E-state index contributed by atoms with van der Waals surface area (Å²) < 4.78 is 25.5. The Morgan fingerprint density at radius 1 is 1.04 bits per heavy atom. The lowest BCUT2D eigenvalue weighted by molar-refractivity contribution is 0.594. The van der Waals surface area contributed by atoms with Crippen LogP contribution < -0.4 is 0 Å². The Morgan fingerprint density at radius 3 is 2.52 bits per heavy atom. The molecule has 23 heavy (non-hydrogen) atoms. The lowest BCUT2D eigenvalue weighted by Gasteiger charge is -2.09. The predicted octanol–water partition coefficient (Wildman–Crippen LogP) is 4.72. The fourth-order valence-electron chi connectivity index (χ4n) is 2.82. The Hall–Kier alpha value is -1.78. The summed E-state index contributed by atoms with van der Waals surface area (Å²) in [6.45, 7) is 5.78. The van der Waals surface area contributed by atoms with Crippen LogP contribution in [0.2, 0.25) is 5.02 Å². The fraction of sp³-hybridized carbons (Fsp3) is 0.222. The van der Waals surface area contributed by atoms with Crippen molar-refractivity contribution < 1.29 is 8.42 Å². The van der Waals surface area contributed by atoms with Gasteiger partial charge < -0.3 is 4.98 Å². The zero-order valence-electron chi connectivity index (χ0n) is 13.3. The normalized spacial score (nSPS) is 12.0. The Balaban J connectivity index is 2.03. The maximum absolute atomic E-state index is 12.7. The van der Waals surface area contributed by atoms with E-state index in [0.29, 0.717) is 15.5 Å². The first-order valence-electron chi connectivity index (χ1n) is 7.35. The first-order valence-corrected chi connectivity index (χ1v) is 9.38. The van der Waals surface area contributed by atoms with E-state index in [1.54, 1.807) is 25.1 Å². The number of sulfone groups is 1. The van der Waals surface area contributed by atoms with Gasteiger partial charge in [-0.3, -0.25) is 0 Å². The molecule has 0 atom stereocenters. The molecule has 0 aliphatic carbocycles. The van der Waals surface area contributed by atoms with E-state index in [1.807, 2.05) is 32.0 Å². The third-order valence-corrected chi connectivity index (χ3v) is 6.52. The SMILES string of the molecule is Cc1[nH]c2ccc(CS(=O)(=O)c3cccc(Cl)c3C)cc2c1C. The third-order valence-electron chi connectivity index (χ3n) is 4.28. The minimum absolute atomic E-state index is 0.0339. The highest BCUT2D eigenvalue weighted by Gasteiger charge is 2.19. The van der Waals surface area contributed by atoms with Crippen LogP contribution in [0, 0.1) is 20.8 Å². The summed E-state index contributed by atoms with van der Waals surface area (Å²) >= 11 is 6.06. The van der Waals surface area contributed by atoms with Gasteiger partial charge in [0.2, 0.25) is 0 Å². The first-order chi connectivity index (χ1) is 10.8. The number of hydrogen-bond donors (Lipinski definition) is 1. The number of aromatic amines is 1. The number of rotatable bonds is 3. The van der Waals surface area contributed by atoms with Crippen LogP contribution in [-0.2, 0) is 15.6 Å². The van der Waals surface area contributed by atoms with Gasteiger partial charge in [-0.05, 0) is 61.7 Å². The topological polar surface area (TPSA) is 49.9 Å². The van der Waals surface area contributed by atoms with E-state index in [2.05, 4.69) is 4.98 Å². The van der Waals surface area contributed by atoms with E-state index < -0.39 is 9.84 Å². The summed E-state index contributed by atoms with van der Waals surface area (Å²) in [5.74, 6) is -0.0339. The summed E-state index contributed by atoms with van der Waals surface area (Å²) in [5, 5.41) is 1.54. The van der Waals surface area contributed by atoms with Crippen molar-refractivity contribution in [2.45, 2.75) is 31.4 Å². The van der Waals surface area contributed by atoms with Gasteiger partial charge in [-0.2, -0.15) is 0 Å². The van der Waals surface area contributed by atoms with Crippen molar-refractivity contribution in [3.63, 3.8) is 0 Å². The van der Waals surface area contributed by atoms with Crippen LogP contribution in [0.1, 0.15) is 22.4 Å². The molecule has 3 rings (SSSR count). The van der Waals surface area contributed by atoms with Crippen LogP contribution in [-0.4, -0.2) is 13.4 Å². The number of fused-ring (bicyclic) bond motifs is 1. The van der Waals surface area contributed by atoms with Crippen molar-refractivity contribution in [2.24, 2.45) is 0 Å². The molecule has 0 amide bonds. The smallest absolute Gasteiger partial charge is 0.182 e. The molecule has 1 aromatic heterocycles. The monoisotopic (exact) mass is 347 g/mol. The van der Waals surface area contributed by atoms with Gasteiger partial charge in [0, 0.05) is 21.6 Å². The maximum atomic E-state index is 12.7. The second kappa shape index (κ2) is 5.69. The van der Waals surface area contributed by atoms with E-state index in [-0.39, 0.29) is 5.75 Å². The molecule has 0 aliphatic heterocycles. The molecule has 0 spiro atoms. The highest BCUT2D eigenvalue weighted by molar-refractivity contribution is 7.90. The molecule has 0 saturated carbocycles. The van der Waals surface area contributed by atoms with Crippen LogP contribution >= 0.6 is 11.6 Å². The Bertz CT molecular complexity index is 1000. The van der Waals surface area contributed by atoms with Gasteiger partial charge in [0.1, 0.15) is 0 Å². The van der Waals surface area contributed by atoms with Gasteiger partial charge >= 0.3 is 0 Å². The molecular weight excluding hydrogens is 330 g/mol. The second-order valence-electron chi connectivity index (χ2n) is 5.88. The molecule has 5 heteroatoms. The maximum Gasteiger partial charge on any atom is 0.182 e. The Kier molecular flexibility index (Phi) is 3.98. The van der Waals surface area contributed by atoms with Crippen LogP contribution in [0.3, 0.4) is 0 Å². The van der Waals surface area contributed by atoms with E-state index in [0.717, 1.165) is 27.7 Å². The van der Waals surface area contributed by atoms with Crippen molar-refractivity contribution in [3.05, 3.63) is 63.8 Å². The lowest BCUT2D eigenvalue weighted by atomic mass is 10.1. The van der Waals surface area contributed by atoms with Gasteiger partial charge in [0.15, 0.2) is 9.84 Å². The van der Waals surface area contributed by atoms with Crippen LogP contribution in [0.4, 0.5) is 0 Å². The van der Waals surface area contributed by atoms with E-state index in [1.165, 1.54) is 0 Å². The molecule has 0 fully saturated rings. The standard InChI is InChI=1S/C18H18ClNO2S/c1-11-13(3)20-17-8-7-14(9-15(11)17)10-23(21,22)18-6-4-5-16(19)12(18)2/h4-9,20H,10H2,1-3H3. The summed E-state index contributed by atoms with van der Waals surface area (Å²) in [6.07, 6.45) is 0. The zero-order valence-corrected chi connectivity index (χ0v) is 14.8. The van der Waals surface area contributed by atoms with Gasteiger partial charge in [0.05, 0.1) is 10.6 Å². The fourth-order valence-corrected chi connectivity index (χ4v) is 4.69. The highest BCUT2D eigenvalue weighted by Crippen LogP contribution is 2.27. The molecule has 0 unspecified atom stereocenters. The van der Waals surface area contributed by atoms with Crippen molar-refractivity contribution >= 4 is 32.3 Å². The quantitative estimate of drug-likeness (QED) is 0.745. The van der Waals surface area contributed by atoms with Crippen LogP contribution in [0.15, 0.2) is 41.3 Å². The van der Waals surface area contributed by atoms with Crippen LogP contribution in [0.25, 0.3) is 10.9 Å². The second-order valence-corrected chi connectivity index (χ2v) is 8.24. The van der Waals surface area contributed by atoms with E-state index in [4.69, 9.17) is 11.6 Å². The number of aromatic nitrogens is 1. The molecule has 1 heterocycles. The molecule has 120 valence electrons. The molecule has 1 N–H and O–H groups in total. The number of benzene rings is 2. The molecule has 0 bridgehead atoms. The zero-order chi connectivity index (χ0) is 16.8. The molecule has 2 aromatic carbocycles. The van der Waals surface area contributed by atoms with Gasteiger partial charge in [-0.25, -0.2) is 8.42 Å². The average molecular weight is 348 g/mol. The van der Waals surface area contributed by atoms with Crippen molar-refractivity contribution in [1.29, 1.82) is 0 Å². The molecular formula is C18H18ClNO2S. The molecule has 0 saturated heterocycles. The highest BCUT2D eigenvalue weighted by atomic mass is 35.5. The Morgan fingerprint density at radius 2 is 1.78 bits per heavy atom. The molecule has 0 aliphatic rings. The largest absolute Gasteiger partial charge is 0.358 e. The summed E-state index contributed by atoms with van der Waals surface area (Å²) in [4.78, 5) is 3.60. The molecule has 3 aromatic rings. The minimum Gasteiger partial charge on any atom is -0.358 e. The summed E-state index contributed by atoms with van der Waals surface area (Å²) in [7, 11) is -3.44. The number of nitrogens with one attached hydrogen (secondary N) is 1. The van der Waals surface area contributed by atoms with E-state index in [9.17, 15) is 8.42 Å².